The van der Waals surface area contributed by atoms with E-state index in [1.54, 1.807) is 30.3 Å². The summed E-state index contributed by atoms with van der Waals surface area (Å²) in [5, 5.41) is 3.49. The lowest BCUT2D eigenvalue weighted by molar-refractivity contribution is -0.115. The van der Waals surface area contributed by atoms with Gasteiger partial charge in [0.2, 0.25) is 5.91 Å². The molecule has 0 aliphatic carbocycles. The third-order valence-electron chi connectivity index (χ3n) is 3.83. The molecule has 1 aliphatic rings. The molecule has 3 rings (SSSR count). The summed E-state index contributed by atoms with van der Waals surface area (Å²) in [5.74, 6) is -0.245. The Hall–Kier alpha value is -1.12. The predicted octanol–water partition coefficient (Wildman–Crippen LogP) is 4.02. The molecule has 1 aromatic heterocycles. The molecule has 1 N–H and O–H groups in total. The van der Waals surface area contributed by atoms with E-state index in [4.69, 9.17) is 23.2 Å². The van der Waals surface area contributed by atoms with E-state index in [-0.39, 0.29) is 16.5 Å². The fourth-order valence-electron chi connectivity index (χ4n) is 2.58. The summed E-state index contributed by atoms with van der Waals surface area (Å²) in [5.41, 5.74) is 0.542. The van der Waals surface area contributed by atoms with Crippen LogP contribution < -0.4 is 5.32 Å². The summed E-state index contributed by atoms with van der Waals surface area (Å²) in [4.78, 5) is 12.8. The Kier molecular flexibility index (Phi) is 5.70. The van der Waals surface area contributed by atoms with Crippen molar-refractivity contribution in [2.24, 2.45) is 0 Å². The van der Waals surface area contributed by atoms with Crippen molar-refractivity contribution in [2.75, 3.05) is 18.4 Å². The maximum Gasteiger partial charge on any atom is 0.252 e. The maximum absolute atomic E-state index is 12.5. The highest BCUT2D eigenvalue weighted by molar-refractivity contribution is 7.91. The van der Waals surface area contributed by atoms with Crippen molar-refractivity contribution in [2.45, 2.75) is 23.5 Å². The Morgan fingerprint density at radius 1 is 1.12 bits per heavy atom. The average Bonchev–Trinajstić information content (AvgIpc) is 3.22. The van der Waals surface area contributed by atoms with Gasteiger partial charge in [0.05, 0.1) is 16.5 Å². The molecule has 5 nitrogen and oxygen atoms in total. The molecule has 0 bridgehead atoms. The first kappa shape index (κ1) is 18.7. The monoisotopic (exact) mass is 418 g/mol. The molecule has 134 valence electrons. The van der Waals surface area contributed by atoms with E-state index in [1.807, 2.05) is 0 Å². The number of sulfonamides is 1. The van der Waals surface area contributed by atoms with Gasteiger partial charge in [-0.15, -0.1) is 11.3 Å². The minimum absolute atomic E-state index is 0.0977. The van der Waals surface area contributed by atoms with Gasteiger partial charge in [0, 0.05) is 23.7 Å². The van der Waals surface area contributed by atoms with Gasteiger partial charge in [-0.25, -0.2) is 8.42 Å². The van der Waals surface area contributed by atoms with Crippen LogP contribution in [0.1, 0.15) is 17.7 Å². The summed E-state index contributed by atoms with van der Waals surface area (Å²) < 4.78 is 26.8. The molecule has 2 aromatic rings. The molecule has 1 aromatic carbocycles. The highest BCUT2D eigenvalue weighted by atomic mass is 35.5. The second-order valence-corrected chi connectivity index (χ2v) is 9.83. The van der Waals surface area contributed by atoms with Crippen molar-refractivity contribution in [1.82, 2.24) is 4.31 Å². The summed E-state index contributed by atoms with van der Waals surface area (Å²) in [6.45, 7) is 1.13. The topological polar surface area (TPSA) is 66.5 Å². The number of benzene rings is 1. The van der Waals surface area contributed by atoms with Gasteiger partial charge in [0.15, 0.2) is 0 Å². The van der Waals surface area contributed by atoms with Gasteiger partial charge in [-0.2, -0.15) is 4.31 Å². The molecule has 2 heterocycles. The van der Waals surface area contributed by atoms with E-state index in [2.05, 4.69) is 5.32 Å². The van der Waals surface area contributed by atoms with Crippen molar-refractivity contribution in [3.63, 3.8) is 0 Å². The molecule has 0 radical (unpaired) electrons. The van der Waals surface area contributed by atoms with Gasteiger partial charge in [0.1, 0.15) is 4.21 Å². The van der Waals surface area contributed by atoms with Crippen LogP contribution in [0.15, 0.2) is 34.5 Å². The van der Waals surface area contributed by atoms with E-state index in [1.165, 1.54) is 4.31 Å². The van der Waals surface area contributed by atoms with E-state index in [0.29, 0.717) is 33.7 Å². The smallest absolute Gasteiger partial charge is 0.252 e. The van der Waals surface area contributed by atoms with E-state index >= 15 is 0 Å². The third kappa shape index (κ3) is 4.35. The first-order chi connectivity index (χ1) is 11.9. The molecule has 0 saturated carbocycles. The SMILES string of the molecule is O=C(Cc1ccc(S(=O)(=O)N2CCCC2)s1)Nc1ccc(Cl)c(Cl)c1. The van der Waals surface area contributed by atoms with Gasteiger partial charge in [-0.1, -0.05) is 23.2 Å². The van der Waals surface area contributed by atoms with Gasteiger partial charge >= 0.3 is 0 Å². The fourth-order valence-corrected chi connectivity index (χ4v) is 5.91. The van der Waals surface area contributed by atoms with Crippen LogP contribution in [0, 0.1) is 0 Å². The Balaban J connectivity index is 1.66. The molecule has 1 saturated heterocycles. The molecule has 25 heavy (non-hydrogen) atoms. The van der Waals surface area contributed by atoms with Crippen LogP contribution in [0.4, 0.5) is 5.69 Å². The van der Waals surface area contributed by atoms with Crippen LogP contribution in [-0.2, 0) is 21.2 Å². The standard InChI is InChI=1S/C16H16Cl2N2O3S2/c17-13-5-3-11(9-14(13)18)19-15(21)10-12-4-6-16(24-12)25(22,23)20-7-1-2-8-20/h3-6,9H,1-2,7-8,10H2,(H,19,21). The highest BCUT2D eigenvalue weighted by Crippen LogP contribution is 2.28. The number of halogens is 2. The Morgan fingerprint density at radius 3 is 2.52 bits per heavy atom. The lowest BCUT2D eigenvalue weighted by Crippen LogP contribution is -2.27. The van der Waals surface area contributed by atoms with E-state index in [9.17, 15) is 13.2 Å². The third-order valence-corrected chi connectivity index (χ3v) is 8.02. The van der Waals surface area contributed by atoms with Crippen molar-refractivity contribution >= 4 is 56.2 Å². The molecule has 0 spiro atoms. The molecule has 0 atom stereocenters. The molecule has 1 fully saturated rings. The summed E-state index contributed by atoms with van der Waals surface area (Å²) in [6.07, 6.45) is 1.88. The average molecular weight is 419 g/mol. The van der Waals surface area contributed by atoms with Crippen LogP contribution in [0.3, 0.4) is 0 Å². The minimum Gasteiger partial charge on any atom is -0.326 e. The number of nitrogens with zero attached hydrogens (tertiary/aromatic N) is 1. The van der Waals surface area contributed by atoms with Crippen molar-refractivity contribution in [3.8, 4) is 0 Å². The number of hydrogen-bond donors (Lipinski definition) is 1. The molecular weight excluding hydrogens is 403 g/mol. The normalized spacial score (nSPS) is 15.4. The van der Waals surface area contributed by atoms with Crippen LogP contribution in [0.2, 0.25) is 10.0 Å². The Morgan fingerprint density at radius 2 is 1.84 bits per heavy atom. The maximum atomic E-state index is 12.5. The first-order valence-corrected chi connectivity index (χ1v) is 10.7. The van der Waals surface area contributed by atoms with Gasteiger partial charge in [-0.05, 0) is 43.2 Å². The minimum atomic E-state index is -3.43. The summed E-state index contributed by atoms with van der Waals surface area (Å²) in [7, 11) is -3.43. The van der Waals surface area contributed by atoms with E-state index in [0.717, 1.165) is 24.2 Å². The van der Waals surface area contributed by atoms with Gasteiger partial charge < -0.3 is 5.32 Å². The van der Waals surface area contributed by atoms with Crippen molar-refractivity contribution in [3.05, 3.63) is 45.3 Å². The first-order valence-electron chi connectivity index (χ1n) is 7.70. The van der Waals surface area contributed by atoms with Crippen LogP contribution >= 0.6 is 34.5 Å². The number of thiophene rings is 1. The number of carbonyl (C=O) groups excluding carboxylic acids is 1. The molecule has 9 heteroatoms. The van der Waals surface area contributed by atoms with Crippen LogP contribution in [0.25, 0.3) is 0 Å². The Labute approximate surface area is 160 Å². The highest BCUT2D eigenvalue weighted by Gasteiger charge is 2.28. The fraction of sp³-hybridized carbons (Fsp3) is 0.312. The zero-order chi connectivity index (χ0) is 18.0. The van der Waals surface area contributed by atoms with E-state index < -0.39 is 10.0 Å². The second-order valence-electron chi connectivity index (χ2n) is 5.69. The van der Waals surface area contributed by atoms with Crippen LogP contribution in [-0.4, -0.2) is 31.7 Å². The lowest BCUT2D eigenvalue weighted by Gasteiger charge is -2.13. The van der Waals surface area contributed by atoms with Gasteiger partial charge in [0.25, 0.3) is 10.0 Å². The molecular formula is C16H16Cl2N2O3S2. The second kappa shape index (κ2) is 7.63. The molecule has 1 aliphatic heterocycles. The van der Waals surface area contributed by atoms with Crippen molar-refractivity contribution in [1.29, 1.82) is 0 Å². The zero-order valence-electron chi connectivity index (χ0n) is 13.2. The lowest BCUT2D eigenvalue weighted by atomic mass is 10.3. The number of rotatable bonds is 5. The quantitative estimate of drug-likeness (QED) is 0.796. The number of anilines is 1. The number of nitrogens with one attached hydrogen (secondary N) is 1. The Bertz CT molecular complexity index is 891. The largest absolute Gasteiger partial charge is 0.326 e. The van der Waals surface area contributed by atoms with Crippen molar-refractivity contribution < 1.29 is 13.2 Å². The van der Waals surface area contributed by atoms with Crippen LogP contribution in [0.5, 0.6) is 0 Å². The zero-order valence-corrected chi connectivity index (χ0v) is 16.3. The van der Waals surface area contributed by atoms with Gasteiger partial charge in [-0.3, -0.25) is 4.79 Å². The molecule has 0 unspecified atom stereocenters. The number of amides is 1. The number of carbonyl (C=O) groups is 1. The summed E-state index contributed by atoms with van der Waals surface area (Å²) >= 11 is 12.9. The summed E-state index contributed by atoms with van der Waals surface area (Å²) in [6, 6.07) is 8.08. The predicted molar refractivity (Wildman–Crippen MR) is 101 cm³/mol. The number of hydrogen-bond acceptors (Lipinski definition) is 4. The molecule has 1 amide bonds.